The maximum atomic E-state index is 6.39. The highest BCUT2D eigenvalue weighted by Gasteiger charge is 2.35. The summed E-state index contributed by atoms with van der Waals surface area (Å²) in [5.74, 6) is 0.638. The number of aromatic nitrogens is 1. The van der Waals surface area contributed by atoms with Crippen LogP contribution in [-0.2, 0) is 5.41 Å². The highest BCUT2D eigenvalue weighted by atomic mass is 16.3. The van der Waals surface area contributed by atoms with E-state index < -0.39 is 0 Å². The molecule has 0 fully saturated rings. The van der Waals surface area contributed by atoms with E-state index in [2.05, 4.69) is 164 Å². The highest BCUT2D eigenvalue weighted by Crippen LogP contribution is 2.50. The van der Waals surface area contributed by atoms with Gasteiger partial charge in [-0.1, -0.05) is 135 Å². The van der Waals surface area contributed by atoms with Gasteiger partial charge in [0.1, 0.15) is 5.52 Å². The second-order valence-corrected chi connectivity index (χ2v) is 14.4. The third kappa shape index (κ3) is 5.24. The number of benzene rings is 8. The van der Waals surface area contributed by atoms with E-state index in [-0.39, 0.29) is 5.41 Å². The number of rotatable bonds is 6. The normalized spacial score (nSPS) is 12.9. The summed E-state index contributed by atoms with van der Waals surface area (Å²) in [5.41, 5.74) is 15.9. The lowest BCUT2D eigenvalue weighted by atomic mass is 9.82. The van der Waals surface area contributed by atoms with Crippen molar-refractivity contribution < 1.29 is 4.42 Å². The zero-order valence-corrected chi connectivity index (χ0v) is 29.6. The molecule has 8 aromatic carbocycles. The van der Waals surface area contributed by atoms with E-state index in [1.54, 1.807) is 0 Å². The molecule has 0 saturated heterocycles. The van der Waals surface area contributed by atoms with Crippen molar-refractivity contribution in [3.63, 3.8) is 0 Å². The first-order chi connectivity index (χ1) is 26.0. The topological polar surface area (TPSA) is 29.3 Å². The van der Waals surface area contributed by atoms with E-state index in [0.29, 0.717) is 5.89 Å². The van der Waals surface area contributed by atoms with Gasteiger partial charge in [0.25, 0.3) is 0 Å². The Hall–Kier alpha value is -6.71. The molecule has 0 aliphatic heterocycles. The Labute approximate surface area is 309 Å². The summed E-state index contributed by atoms with van der Waals surface area (Å²) in [7, 11) is 0. The summed E-state index contributed by atoms with van der Waals surface area (Å²) >= 11 is 0. The molecule has 0 amide bonds. The zero-order chi connectivity index (χ0) is 35.5. The van der Waals surface area contributed by atoms with Crippen LogP contribution in [0.1, 0.15) is 25.0 Å². The van der Waals surface area contributed by atoms with E-state index in [0.717, 1.165) is 55.6 Å². The van der Waals surface area contributed by atoms with Gasteiger partial charge < -0.3 is 9.32 Å². The Morgan fingerprint density at radius 2 is 1.00 bits per heavy atom. The molecule has 0 saturated carbocycles. The lowest BCUT2D eigenvalue weighted by molar-refractivity contribution is 0.623. The van der Waals surface area contributed by atoms with Crippen molar-refractivity contribution in [3.05, 3.63) is 193 Å². The van der Waals surface area contributed by atoms with Crippen LogP contribution in [0.5, 0.6) is 0 Å². The largest absolute Gasteiger partial charge is 0.435 e. The predicted octanol–water partition coefficient (Wildman–Crippen LogP) is 13.8. The van der Waals surface area contributed by atoms with Crippen LogP contribution in [0, 0.1) is 0 Å². The van der Waals surface area contributed by atoms with Crippen LogP contribution in [0.15, 0.2) is 186 Å². The Bertz CT molecular complexity index is 2780. The van der Waals surface area contributed by atoms with Gasteiger partial charge in [0.15, 0.2) is 5.58 Å². The van der Waals surface area contributed by atoms with Gasteiger partial charge in [0.2, 0.25) is 5.89 Å². The Kier molecular flexibility index (Phi) is 7.16. The second-order valence-electron chi connectivity index (χ2n) is 14.4. The number of nitrogens with zero attached hydrogens (tertiary/aromatic N) is 2. The minimum Gasteiger partial charge on any atom is -0.435 e. The number of hydrogen-bond acceptors (Lipinski definition) is 3. The Morgan fingerprint density at radius 3 is 1.72 bits per heavy atom. The first-order valence-corrected chi connectivity index (χ1v) is 18.2. The Balaban J connectivity index is 1.05. The quantitative estimate of drug-likeness (QED) is 0.175. The predicted molar refractivity (Wildman–Crippen MR) is 220 cm³/mol. The van der Waals surface area contributed by atoms with Crippen LogP contribution in [0.3, 0.4) is 0 Å². The van der Waals surface area contributed by atoms with Gasteiger partial charge in [-0.05, 0) is 111 Å². The molecule has 0 unspecified atom stereocenters. The molecule has 1 heterocycles. The molecule has 0 radical (unpaired) electrons. The standard InChI is InChI=1S/C50H36N2O/c1-50(2)45-16-10-9-15-42(45)43-29-28-41(32-46(43)50)52(39-24-19-34(20-25-39)33-11-5-3-6-12-33)40-26-21-35(22-27-40)38-18-17-36-23-30-47-48(44(36)31-38)53-49(51-47)37-13-7-4-8-14-37/h3-32H,1-2H3. The van der Waals surface area contributed by atoms with E-state index in [4.69, 9.17) is 9.40 Å². The van der Waals surface area contributed by atoms with Crippen molar-refractivity contribution in [3.8, 4) is 44.8 Å². The average molecular weight is 681 g/mol. The van der Waals surface area contributed by atoms with Gasteiger partial charge in [-0.15, -0.1) is 0 Å². The summed E-state index contributed by atoms with van der Waals surface area (Å²) in [6.07, 6.45) is 0. The number of oxazole rings is 1. The minimum absolute atomic E-state index is 0.0957. The highest BCUT2D eigenvalue weighted by molar-refractivity contribution is 6.05. The van der Waals surface area contributed by atoms with E-state index in [1.807, 2.05) is 36.4 Å². The molecule has 1 aliphatic carbocycles. The maximum Gasteiger partial charge on any atom is 0.227 e. The summed E-state index contributed by atoms with van der Waals surface area (Å²) < 4.78 is 6.39. The van der Waals surface area contributed by atoms with Crippen LogP contribution in [-0.4, -0.2) is 4.98 Å². The monoisotopic (exact) mass is 680 g/mol. The van der Waals surface area contributed by atoms with Gasteiger partial charge in [0, 0.05) is 33.4 Å². The molecular formula is C50H36N2O. The summed E-state index contributed by atoms with van der Waals surface area (Å²) in [6, 6.07) is 65.1. The molecule has 0 atom stereocenters. The van der Waals surface area contributed by atoms with E-state index in [9.17, 15) is 0 Å². The third-order valence-corrected chi connectivity index (χ3v) is 10.9. The molecule has 3 nitrogen and oxygen atoms in total. The number of anilines is 3. The fourth-order valence-corrected chi connectivity index (χ4v) is 8.10. The van der Waals surface area contributed by atoms with Gasteiger partial charge in [-0.2, -0.15) is 0 Å². The smallest absolute Gasteiger partial charge is 0.227 e. The maximum absolute atomic E-state index is 6.39. The second kappa shape index (κ2) is 12.2. The average Bonchev–Trinajstić information content (AvgIpc) is 3.76. The third-order valence-electron chi connectivity index (χ3n) is 10.9. The van der Waals surface area contributed by atoms with Crippen molar-refractivity contribution in [1.82, 2.24) is 4.98 Å². The van der Waals surface area contributed by atoms with Crippen LogP contribution >= 0.6 is 0 Å². The van der Waals surface area contributed by atoms with Gasteiger partial charge in [-0.25, -0.2) is 4.98 Å². The molecule has 0 N–H and O–H groups in total. The lowest BCUT2D eigenvalue weighted by Crippen LogP contribution is -2.16. The van der Waals surface area contributed by atoms with Crippen molar-refractivity contribution in [2.24, 2.45) is 0 Å². The fraction of sp³-hybridized carbons (Fsp3) is 0.0600. The molecular weight excluding hydrogens is 645 g/mol. The molecule has 1 aromatic heterocycles. The number of hydrogen-bond donors (Lipinski definition) is 0. The minimum atomic E-state index is -0.0957. The van der Waals surface area contributed by atoms with Crippen molar-refractivity contribution >= 4 is 38.9 Å². The first-order valence-electron chi connectivity index (χ1n) is 18.2. The van der Waals surface area contributed by atoms with Gasteiger partial charge in [0.05, 0.1) is 0 Å². The van der Waals surface area contributed by atoms with Crippen LogP contribution < -0.4 is 4.90 Å². The first kappa shape index (κ1) is 31.1. The lowest BCUT2D eigenvalue weighted by Gasteiger charge is -2.28. The zero-order valence-electron chi connectivity index (χ0n) is 29.6. The van der Waals surface area contributed by atoms with Crippen LogP contribution in [0.2, 0.25) is 0 Å². The molecule has 10 rings (SSSR count). The van der Waals surface area contributed by atoms with Crippen molar-refractivity contribution in [1.29, 1.82) is 0 Å². The SMILES string of the molecule is CC1(C)c2ccccc2-c2ccc(N(c3ccc(-c4ccccc4)cc3)c3ccc(-c4ccc5ccc6nc(-c7ccccc7)oc6c5c4)cc3)cc21. The molecule has 3 heteroatoms. The van der Waals surface area contributed by atoms with Crippen LogP contribution in [0.4, 0.5) is 17.1 Å². The fourth-order valence-electron chi connectivity index (χ4n) is 8.10. The summed E-state index contributed by atoms with van der Waals surface area (Å²) in [4.78, 5) is 7.19. The van der Waals surface area contributed by atoms with Crippen molar-refractivity contribution in [2.75, 3.05) is 4.90 Å². The molecule has 53 heavy (non-hydrogen) atoms. The summed E-state index contributed by atoms with van der Waals surface area (Å²) in [5, 5.41) is 2.18. The summed E-state index contributed by atoms with van der Waals surface area (Å²) in [6.45, 7) is 4.68. The molecule has 252 valence electrons. The molecule has 0 bridgehead atoms. The molecule has 1 aliphatic rings. The van der Waals surface area contributed by atoms with Gasteiger partial charge >= 0.3 is 0 Å². The Morgan fingerprint density at radius 1 is 0.453 bits per heavy atom. The molecule has 0 spiro atoms. The van der Waals surface area contributed by atoms with Crippen LogP contribution in [0.25, 0.3) is 66.7 Å². The molecule has 9 aromatic rings. The van der Waals surface area contributed by atoms with Crippen molar-refractivity contribution in [2.45, 2.75) is 19.3 Å². The van der Waals surface area contributed by atoms with E-state index in [1.165, 1.54) is 33.4 Å². The van der Waals surface area contributed by atoms with Gasteiger partial charge in [-0.3, -0.25) is 0 Å². The number of fused-ring (bicyclic) bond motifs is 6. The van der Waals surface area contributed by atoms with E-state index >= 15 is 0 Å².